The lowest BCUT2D eigenvalue weighted by Crippen LogP contribution is -2.38. The summed E-state index contributed by atoms with van der Waals surface area (Å²) in [4.78, 5) is 23.7. The van der Waals surface area contributed by atoms with Gasteiger partial charge in [-0.05, 0) is 18.6 Å². The number of hydrogen-bond acceptors (Lipinski definition) is 3. The van der Waals surface area contributed by atoms with Crippen LogP contribution < -0.4 is 10.1 Å². The Morgan fingerprint density at radius 1 is 1.41 bits per heavy atom. The van der Waals surface area contributed by atoms with Gasteiger partial charge in [0, 0.05) is 13.1 Å². The molecule has 1 saturated heterocycles. The fourth-order valence-electron chi connectivity index (χ4n) is 1.79. The molecule has 1 atom stereocenters. The molecule has 0 aromatic heterocycles. The van der Waals surface area contributed by atoms with Crippen LogP contribution in [0.2, 0.25) is 0 Å². The van der Waals surface area contributed by atoms with Gasteiger partial charge in [0.2, 0.25) is 6.41 Å². The topological polar surface area (TPSA) is 58.6 Å². The van der Waals surface area contributed by atoms with Gasteiger partial charge in [-0.3, -0.25) is 4.79 Å². The molecule has 1 fully saturated rings. The van der Waals surface area contributed by atoms with E-state index in [1.54, 1.807) is 29.2 Å². The van der Waals surface area contributed by atoms with E-state index in [-0.39, 0.29) is 6.04 Å². The minimum absolute atomic E-state index is 0.0172. The van der Waals surface area contributed by atoms with Crippen molar-refractivity contribution in [1.82, 2.24) is 10.2 Å². The zero-order chi connectivity index (χ0) is 12.1. The summed E-state index contributed by atoms with van der Waals surface area (Å²) >= 11 is 0. The molecule has 1 aliphatic rings. The fraction of sp³-hybridized carbons (Fsp3) is 0.333. The van der Waals surface area contributed by atoms with Crippen LogP contribution in [0.4, 0.5) is 4.79 Å². The molecule has 1 aromatic rings. The Bertz CT molecular complexity index is 394. The van der Waals surface area contributed by atoms with Gasteiger partial charge < -0.3 is 15.0 Å². The van der Waals surface area contributed by atoms with Crippen molar-refractivity contribution in [3.63, 3.8) is 0 Å². The molecule has 1 heterocycles. The third kappa shape index (κ3) is 3.21. The van der Waals surface area contributed by atoms with Gasteiger partial charge in [-0.25, -0.2) is 4.79 Å². The smallest absolute Gasteiger partial charge is 0.410 e. The minimum atomic E-state index is -0.478. The first-order chi connectivity index (χ1) is 8.28. The zero-order valence-electron chi connectivity index (χ0n) is 9.33. The van der Waals surface area contributed by atoms with Crippen LogP contribution in [0.5, 0.6) is 5.75 Å². The SMILES string of the molecule is O=CN1CCC(NC(=O)Oc2ccccc2)C1. The number of ether oxygens (including phenoxy) is 1. The molecule has 0 bridgehead atoms. The number of rotatable bonds is 3. The fourth-order valence-corrected chi connectivity index (χ4v) is 1.79. The Labute approximate surface area is 99.4 Å². The van der Waals surface area contributed by atoms with E-state index in [0.29, 0.717) is 18.8 Å². The monoisotopic (exact) mass is 234 g/mol. The van der Waals surface area contributed by atoms with Crippen LogP contribution in [0.3, 0.4) is 0 Å². The molecule has 0 saturated carbocycles. The van der Waals surface area contributed by atoms with Crippen molar-refractivity contribution >= 4 is 12.5 Å². The van der Waals surface area contributed by atoms with E-state index in [2.05, 4.69) is 5.32 Å². The van der Waals surface area contributed by atoms with E-state index in [9.17, 15) is 9.59 Å². The molecule has 0 aliphatic carbocycles. The van der Waals surface area contributed by atoms with E-state index < -0.39 is 6.09 Å². The van der Waals surface area contributed by atoms with Crippen molar-refractivity contribution in [2.24, 2.45) is 0 Å². The maximum absolute atomic E-state index is 11.5. The largest absolute Gasteiger partial charge is 0.412 e. The molecule has 5 heteroatoms. The van der Waals surface area contributed by atoms with Crippen molar-refractivity contribution in [2.45, 2.75) is 12.5 Å². The normalized spacial score (nSPS) is 18.8. The molecule has 1 unspecified atom stereocenters. The highest BCUT2D eigenvalue weighted by Crippen LogP contribution is 2.10. The number of amides is 2. The Hall–Kier alpha value is -2.04. The van der Waals surface area contributed by atoms with Crippen LogP contribution in [0.25, 0.3) is 0 Å². The van der Waals surface area contributed by atoms with Crippen LogP contribution in [-0.2, 0) is 4.79 Å². The second kappa shape index (κ2) is 5.34. The molecular formula is C12H14N2O3. The number of hydrogen-bond donors (Lipinski definition) is 1. The van der Waals surface area contributed by atoms with E-state index in [4.69, 9.17) is 4.74 Å². The molecule has 0 spiro atoms. The number of nitrogens with one attached hydrogen (secondary N) is 1. The molecule has 1 N–H and O–H groups in total. The van der Waals surface area contributed by atoms with Crippen LogP contribution >= 0.6 is 0 Å². The summed E-state index contributed by atoms with van der Waals surface area (Å²) in [5, 5.41) is 2.73. The summed E-state index contributed by atoms with van der Waals surface area (Å²) in [6, 6.07) is 8.86. The summed E-state index contributed by atoms with van der Waals surface area (Å²) in [5.74, 6) is 0.509. The highest BCUT2D eigenvalue weighted by molar-refractivity contribution is 5.70. The van der Waals surface area contributed by atoms with E-state index in [1.807, 2.05) is 6.07 Å². The third-order valence-corrected chi connectivity index (χ3v) is 2.64. The molecule has 2 amide bonds. The number of nitrogens with zero attached hydrogens (tertiary/aromatic N) is 1. The van der Waals surface area contributed by atoms with E-state index >= 15 is 0 Å². The molecule has 17 heavy (non-hydrogen) atoms. The van der Waals surface area contributed by atoms with Crippen molar-refractivity contribution in [3.05, 3.63) is 30.3 Å². The highest BCUT2D eigenvalue weighted by Gasteiger charge is 2.23. The van der Waals surface area contributed by atoms with Gasteiger partial charge >= 0.3 is 6.09 Å². The molecule has 1 aromatic carbocycles. The Balaban J connectivity index is 1.80. The van der Waals surface area contributed by atoms with E-state index in [1.165, 1.54) is 0 Å². The van der Waals surface area contributed by atoms with Crippen LogP contribution in [0, 0.1) is 0 Å². The summed E-state index contributed by atoms with van der Waals surface area (Å²) in [5.41, 5.74) is 0. The number of likely N-dealkylation sites (tertiary alicyclic amines) is 1. The maximum atomic E-state index is 11.5. The lowest BCUT2D eigenvalue weighted by molar-refractivity contribution is -0.117. The van der Waals surface area contributed by atoms with Gasteiger partial charge in [0.25, 0.3) is 0 Å². The lowest BCUT2D eigenvalue weighted by Gasteiger charge is -2.12. The molecular weight excluding hydrogens is 220 g/mol. The molecule has 1 aliphatic heterocycles. The van der Waals surface area contributed by atoms with Gasteiger partial charge in [0.05, 0.1) is 6.04 Å². The van der Waals surface area contributed by atoms with Crippen molar-refractivity contribution < 1.29 is 14.3 Å². The first-order valence-electron chi connectivity index (χ1n) is 5.50. The standard InChI is InChI=1S/C12H14N2O3/c15-9-14-7-6-10(8-14)13-12(16)17-11-4-2-1-3-5-11/h1-5,9-10H,6-8H2,(H,13,16). The van der Waals surface area contributed by atoms with E-state index in [0.717, 1.165) is 12.8 Å². The van der Waals surface area contributed by atoms with Gasteiger partial charge in [0.1, 0.15) is 5.75 Å². The average molecular weight is 234 g/mol. The summed E-state index contributed by atoms with van der Waals surface area (Å²) in [6.07, 6.45) is 1.08. The number of benzene rings is 1. The van der Waals surface area contributed by atoms with Crippen LogP contribution in [0.1, 0.15) is 6.42 Å². The first-order valence-corrected chi connectivity index (χ1v) is 5.50. The molecule has 2 rings (SSSR count). The second-order valence-corrected chi connectivity index (χ2v) is 3.93. The Morgan fingerprint density at radius 3 is 2.82 bits per heavy atom. The number of carbonyl (C=O) groups is 2. The minimum Gasteiger partial charge on any atom is -0.410 e. The maximum Gasteiger partial charge on any atom is 0.412 e. The summed E-state index contributed by atoms with van der Waals surface area (Å²) in [6.45, 7) is 1.23. The number of carbonyl (C=O) groups excluding carboxylic acids is 2. The van der Waals surface area contributed by atoms with Crippen molar-refractivity contribution in [3.8, 4) is 5.75 Å². The van der Waals surface area contributed by atoms with Gasteiger partial charge in [-0.2, -0.15) is 0 Å². The van der Waals surface area contributed by atoms with Crippen LogP contribution in [0.15, 0.2) is 30.3 Å². The summed E-state index contributed by atoms with van der Waals surface area (Å²) < 4.78 is 5.09. The quantitative estimate of drug-likeness (QED) is 0.794. The first kappa shape index (κ1) is 11.4. The second-order valence-electron chi connectivity index (χ2n) is 3.93. The molecule has 5 nitrogen and oxygen atoms in total. The zero-order valence-corrected chi connectivity index (χ0v) is 9.33. The average Bonchev–Trinajstić information content (AvgIpc) is 2.78. The lowest BCUT2D eigenvalue weighted by atomic mass is 10.3. The van der Waals surface area contributed by atoms with Crippen LogP contribution in [-0.4, -0.2) is 36.5 Å². The van der Waals surface area contributed by atoms with Gasteiger partial charge in [-0.1, -0.05) is 18.2 Å². The highest BCUT2D eigenvalue weighted by atomic mass is 16.6. The van der Waals surface area contributed by atoms with Gasteiger partial charge in [-0.15, -0.1) is 0 Å². The predicted octanol–water partition coefficient (Wildman–Crippen LogP) is 1.01. The van der Waals surface area contributed by atoms with Crippen molar-refractivity contribution in [2.75, 3.05) is 13.1 Å². The molecule has 90 valence electrons. The van der Waals surface area contributed by atoms with Crippen molar-refractivity contribution in [1.29, 1.82) is 0 Å². The predicted molar refractivity (Wildman–Crippen MR) is 61.6 cm³/mol. The summed E-state index contributed by atoms with van der Waals surface area (Å²) in [7, 11) is 0. The third-order valence-electron chi connectivity index (χ3n) is 2.64. The molecule has 0 radical (unpaired) electrons. The Morgan fingerprint density at radius 2 is 2.18 bits per heavy atom. The Kier molecular flexibility index (Phi) is 3.59. The van der Waals surface area contributed by atoms with Gasteiger partial charge in [0.15, 0.2) is 0 Å². The number of para-hydroxylation sites is 1.